The molecule has 2 aliphatic carbocycles. The summed E-state index contributed by atoms with van der Waals surface area (Å²) in [5.74, 6) is 1.46. The molecule has 2 nitrogen and oxygen atoms in total. The normalized spacial score (nSPS) is 33.0. The Morgan fingerprint density at radius 2 is 1.92 bits per heavy atom. The van der Waals surface area contributed by atoms with E-state index in [9.17, 15) is 4.79 Å². The Morgan fingerprint density at radius 3 is 2.58 bits per heavy atom. The molecule has 0 aromatic carbocycles. The first-order valence-corrected chi connectivity index (χ1v) is 9.65. The number of hydrogen-bond donors (Lipinski definition) is 0. The summed E-state index contributed by atoms with van der Waals surface area (Å²) in [6.45, 7) is 15.8. The molecule has 2 rings (SSSR count). The lowest BCUT2D eigenvalue weighted by Gasteiger charge is -2.56. The largest absolute Gasteiger partial charge is 0.461 e. The van der Waals surface area contributed by atoms with E-state index < -0.39 is 0 Å². The highest BCUT2D eigenvalue weighted by Crippen LogP contribution is 2.60. The standard InChI is InChI=1S/C22H36O2/c1-16(15-24-18(3)23)10-9-13-22(6)17(2)21(4,5)14-19-11-7-8-12-20(19)22/h10,19-20H,2,7-9,11-15H2,1,3-6H3/b16-10+/t19-,20-,22+/m0/s1. The van der Waals surface area contributed by atoms with Gasteiger partial charge in [-0.15, -0.1) is 0 Å². The molecule has 2 fully saturated rings. The lowest BCUT2D eigenvalue weighted by Crippen LogP contribution is -2.47. The third kappa shape index (κ3) is 4.13. The van der Waals surface area contributed by atoms with Crippen LogP contribution in [0.25, 0.3) is 0 Å². The number of fused-ring (bicyclic) bond motifs is 1. The molecule has 2 saturated carbocycles. The van der Waals surface area contributed by atoms with E-state index in [1.807, 2.05) is 6.92 Å². The highest BCUT2D eigenvalue weighted by molar-refractivity contribution is 5.66. The van der Waals surface area contributed by atoms with Crippen molar-refractivity contribution >= 4 is 5.97 Å². The van der Waals surface area contributed by atoms with E-state index in [2.05, 4.69) is 33.4 Å². The van der Waals surface area contributed by atoms with Crippen molar-refractivity contribution in [3.8, 4) is 0 Å². The number of rotatable bonds is 5. The second-order valence-corrected chi connectivity index (χ2v) is 9.00. The van der Waals surface area contributed by atoms with Gasteiger partial charge in [0.15, 0.2) is 0 Å². The molecule has 0 spiro atoms. The Hall–Kier alpha value is -1.05. The summed E-state index contributed by atoms with van der Waals surface area (Å²) in [5, 5.41) is 0. The summed E-state index contributed by atoms with van der Waals surface area (Å²) in [4.78, 5) is 10.9. The quantitative estimate of drug-likeness (QED) is 0.451. The molecule has 136 valence electrons. The highest BCUT2D eigenvalue weighted by atomic mass is 16.5. The number of carbonyl (C=O) groups is 1. The fraction of sp³-hybridized carbons (Fsp3) is 0.773. The van der Waals surface area contributed by atoms with Crippen molar-refractivity contribution in [2.24, 2.45) is 22.7 Å². The zero-order valence-electron chi connectivity index (χ0n) is 16.4. The lowest BCUT2D eigenvalue weighted by molar-refractivity contribution is -0.139. The molecule has 0 aromatic rings. The maximum absolute atomic E-state index is 10.9. The third-order valence-electron chi connectivity index (χ3n) is 6.67. The molecule has 0 bridgehead atoms. The van der Waals surface area contributed by atoms with Crippen LogP contribution >= 0.6 is 0 Å². The van der Waals surface area contributed by atoms with Crippen molar-refractivity contribution in [1.29, 1.82) is 0 Å². The van der Waals surface area contributed by atoms with Gasteiger partial charge in [-0.05, 0) is 60.8 Å². The Morgan fingerprint density at radius 1 is 1.25 bits per heavy atom. The number of esters is 1. The molecule has 0 amide bonds. The van der Waals surface area contributed by atoms with Crippen molar-refractivity contribution in [2.75, 3.05) is 6.61 Å². The number of hydrogen-bond acceptors (Lipinski definition) is 2. The molecule has 0 aliphatic heterocycles. The third-order valence-corrected chi connectivity index (χ3v) is 6.67. The predicted octanol–water partition coefficient (Wildman–Crippen LogP) is 6.07. The van der Waals surface area contributed by atoms with Crippen LogP contribution in [-0.4, -0.2) is 12.6 Å². The zero-order chi connectivity index (χ0) is 18.0. The summed E-state index contributed by atoms with van der Waals surface area (Å²) in [6, 6.07) is 0. The Labute approximate surface area is 148 Å². The fourth-order valence-electron chi connectivity index (χ4n) is 5.30. The Balaban J connectivity index is 2.07. The van der Waals surface area contributed by atoms with Crippen LogP contribution in [0, 0.1) is 22.7 Å². The molecular formula is C22H36O2. The van der Waals surface area contributed by atoms with Gasteiger partial charge in [0.2, 0.25) is 0 Å². The van der Waals surface area contributed by atoms with Crippen molar-refractivity contribution in [1.82, 2.24) is 0 Å². The van der Waals surface area contributed by atoms with Crippen LogP contribution in [0.5, 0.6) is 0 Å². The molecule has 0 aromatic heterocycles. The van der Waals surface area contributed by atoms with Crippen LogP contribution in [0.15, 0.2) is 23.8 Å². The van der Waals surface area contributed by atoms with Gasteiger partial charge in [0.1, 0.15) is 6.61 Å². The highest BCUT2D eigenvalue weighted by Gasteiger charge is 2.50. The first-order chi connectivity index (χ1) is 11.2. The van der Waals surface area contributed by atoms with E-state index in [1.165, 1.54) is 44.6 Å². The summed E-state index contributed by atoms with van der Waals surface area (Å²) in [6.07, 6.45) is 11.3. The second kappa shape index (κ2) is 7.45. The van der Waals surface area contributed by atoms with E-state index in [0.29, 0.717) is 6.61 Å². The minimum atomic E-state index is -0.206. The minimum Gasteiger partial charge on any atom is -0.461 e. The summed E-state index contributed by atoms with van der Waals surface area (Å²) in [7, 11) is 0. The van der Waals surface area contributed by atoms with Crippen molar-refractivity contribution in [2.45, 2.75) is 79.6 Å². The van der Waals surface area contributed by atoms with E-state index >= 15 is 0 Å². The Bertz CT molecular complexity index is 514. The molecule has 2 aliphatic rings. The van der Waals surface area contributed by atoms with Gasteiger partial charge in [-0.2, -0.15) is 0 Å². The maximum atomic E-state index is 10.9. The molecule has 3 atom stereocenters. The van der Waals surface area contributed by atoms with Gasteiger partial charge in [-0.1, -0.05) is 58.3 Å². The van der Waals surface area contributed by atoms with Gasteiger partial charge in [0, 0.05) is 6.92 Å². The monoisotopic (exact) mass is 332 g/mol. The van der Waals surface area contributed by atoms with Gasteiger partial charge in [-0.3, -0.25) is 4.79 Å². The molecule has 2 heteroatoms. The summed E-state index contributed by atoms with van der Waals surface area (Å²) in [5.41, 5.74) is 3.10. The molecule has 0 radical (unpaired) electrons. The van der Waals surface area contributed by atoms with Crippen LogP contribution in [0.2, 0.25) is 0 Å². The fourth-order valence-corrected chi connectivity index (χ4v) is 5.30. The van der Waals surface area contributed by atoms with Gasteiger partial charge < -0.3 is 4.74 Å². The molecule has 0 N–H and O–H groups in total. The van der Waals surface area contributed by atoms with Gasteiger partial charge in [0.05, 0.1) is 0 Å². The molecule has 0 heterocycles. The van der Waals surface area contributed by atoms with Gasteiger partial charge >= 0.3 is 5.97 Å². The van der Waals surface area contributed by atoms with Gasteiger partial charge in [-0.25, -0.2) is 0 Å². The molecule has 24 heavy (non-hydrogen) atoms. The minimum absolute atomic E-state index is 0.206. The van der Waals surface area contributed by atoms with Crippen molar-refractivity contribution < 1.29 is 9.53 Å². The number of ether oxygens (including phenoxy) is 1. The van der Waals surface area contributed by atoms with E-state index in [1.54, 1.807) is 0 Å². The first kappa shape index (κ1) is 19.3. The first-order valence-electron chi connectivity index (χ1n) is 9.65. The van der Waals surface area contributed by atoms with E-state index in [-0.39, 0.29) is 16.8 Å². The average molecular weight is 333 g/mol. The summed E-state index contributed by atoms with van der Waals surface area (Å²) >= 11 is 0. The van der Waals surface area contributed by atoms with Crippen LogP contribution in [0.1, 0.15) is 79.6 Å². The lowest BCUT2D eigenvalue weighted by atomic mass is 9.48. The topological polar surface area (TPSA) is 26.3 Å². The van der Waals surface area contributed by atoms with Gasteiger partial charge in [0.25, 0.3) is 0 Å². The summed E-state index contributed by atoms with van der Waals surface area (Å²) < 4.78 is 5.09. The Kier molecular flexibility index (Phi) is 5.99. The van der Waals surface area contributed by atoms with Crippen molar-refractivity contribution in [3.63, 3.8) is 0 Å². The van der Waals surface area contributed by atoms with Crippen molar-refractivity contribution in [3.05, 3.63) is 23.8 Å². The maximum Gasteiger partial charge on any atom is 0.302 e. The predicted molar refractivity (Wildman–Crippen MR) is 101 cm³/mol. The smallest absolute Gasteiger partial charge is 0.302 e. The van der Waals surface area contributed by atoms with Crippen LogP contribution in [0.4, 0.5) is 0 Å². The SMILES string of the molecule is C=C1C(C)(C)C[C@@H]2CCCC[C@@H]2[C@]1(C)CC/C=C(\C)COC(C)=O. The number of carbonyl (C=O) groups excluding carboxylic acids is 1. The molecule has 0 unspecified atom stereocenters. The average Bonchev–Trinajstić information content (AvgIpc) is 2.51. The zero-order valence-corrected chi connectivity index (χ0v) is 16.4. The number of allylic oxidation sites excluding steroid dienone is 2. The van der Waals surface area contributed by atoms with Crippen LogP contribution < -0.4 is 0 Å². The second-order valence-electron chi connectivity index (χ2n) is 9.00. The molecule has 0 saturated heterocycles. The van der Waals surface area contributed by atoms with Crippen LogP contribution in [-0.2, 0) is 9.53 Å². The molecular weight excluding hydrogens is 296 g/mol. The van der Waals surface area contributed by atoms with E-state index in [4.69, 9.17) is 4.74 Å². The van der Waals surface area contributed by atoms with E-state index in [0.717, 1.165) is 30.3 Å². The van der Waals surface area contributed by atoms with Crippen LogP contribution in [0.3, 0.4) is 0 Å².